The van der Waals surface area contributed by atoms with Gasteiger partial charge in [0.05, 0.1) is 18.4 Å². The number of nitrogens with zero attached hydrogens (tertiary/aromatic N) is 2. The van der Waals surface area contributed by atoms with Gasteiger partial charge in [-0.3, -0.25) is 4.68 Å². The van der Waals surface area contributed by atoms with E-state index in [1.807, 2.05) is 11.7 Å². The van der Waals surface area contributed by atoms with Crippen molar-refractivity contribution in [2.45, 2.75) is 51.7 Å². The van der Waals surface area contributed by atoms with Crippen LogP contribution in [0.15, 0.2) is 6.20 Å². The second-order valence-corrected chi connectivity index (χ2v) is 5.22. The van der Waals surface area contributed by atoms with E-state index in [9.17, 15) is 0 Å². The first-order valence-electron chi connectivity index (χ1n) is 7.07. The predicted octanol–water partition coefficient (Wildman–Crippen LogP) is 2.17. The van der Waals surface area contributed by atoms with Crippen molar-refractivity contribution in [3.05, 3.63) is 17.5 Å². The average Bonchev–Trinajstić information content (AvgIpc) is 2.69. The lowest BCUT2D eigenvalue weighted by atomic mass is 9.98. The van der Waals surface area contributed by atoms with Gasteiger partial charge >= 0.3 is 0 Å². The number of nitrogens with one attached hydrogen (secondary N) is 1. The minimum Gasteiger partial charge on any atom is -0.377 e. The van der Waals surface area contributed by atoms with Crippen LogP contribution in [0.4, 0.5) is 0 Å². The second-order valence-electron chi connectivity index (χ2n) is 5.22. The topological polar surface area (TPSA) is 39.1 Å². The van der Waals surface area contributed by atoms with Crippen LogP contribution >= 0.6 is 0 Å². The van der Waals surface area contributed by atoms with Gasteiger partial charge in [0.25, 0.3) is 0 Å². The normalized spacial score (nSPS) is 17.2. The van der Waals surface area contributed by atoms with Gasteiger partial charge in [-0.15, -0.1) is 0 Å². The van der Waals surface area contributed by atoms with Crippen molar-refractivity contribution in [3.8, 4) is 0 Å². The molecule has 0 aromatic carbocycles. The van der Waals surface area contributed by atoms with Crippen molar-refractivity contribution in [1.82, 2.24) is 15.1 Å². The molecule has 0 unspecified atom stereocenters. The Morgan fingerprint density at radius 2 is 2.17 bits per heavy atom. The van der Waals surface area contributed by atoms with E-state index in [1.165, 1.54) is 37.7 Å². The first-order chi connectivity index (χ1) is 8.75. The van der Waals surface area contributed by atoms with E-state index < -0.39 is 0 Å². The number of hydrogen-bond donors (Lipinski definition) is 1. The molecule has 1 aliphatic rings. The Kier molecular flexibility index (Phi) is 5.20. The minimum atomic E-state index is 0.515. The first-order valence-corrected chi connectivity index (χ1v) is 7.07. The lowest BCUT2D eigenvalue weighted by Gasteiger charge is -2.22. The van der Waals surface area contributed by atoms with Gasteiger partial charge in [-0.1, -0.05) is 19.3 Å². The van der Waals surface area contributed by atoms with Crippen molar-refractivity contribution >= 4 is 0 Å². The van der Waals surface area contributed by atoms with Gasteiger partial charge in [0.1, 0.15) is 0 Å². The molecule has 1 aromatic heterocycles. The number of rotatable bonds is 6. The third kappa shape index (κ3) is 4.10. The molecule has 1 aliphatic carbocycles. The molecule has 1 fully saturated rings. The molecule has 1 saturated carbocycles. The summed E-state index contributed by atoms with van der Waals surface area (Å²) in [4.78, 5) is 0. The number of hydrogen-bond acceptors (Lipinski definition) is 3. The first kappa shape index (κ1) is 13.6. The molecule has 0 aliphatic heterocycles. The van der Waals surface area contributed by atoms with E-state index in [2.05, 4.69) is 23.5 Å². The molecule has 0 bridgehead atoms. The van der Waals surface area contributed by atoms with E-state index in [0.717, 1.165) is 25.4 Å². The fourth-order valence-electron chi connectivity index (χ4n) is 2.57. The van der Waals surface area contributed by atoms with Crippen LogP contribution in [0.25, 0.3) is 0 Å². The molecule has 18 heavy (non-hydrogen) atoms. The van der Waals surface area contributed by atoms with Crippen LogP contribution in [0.1, 0.15) is 43.4 Å². The lowest BCUT2D eigenvalue weighted by molar-refractivity contribution is 0.0302. The Hall–Kier alpha value is -0.870. The molecule has 0 amide bonds. The Labute approximate surface area is 110 Å². The zero-order valence-electron chi connectivity index (χ0n) is 11.6. The molecule has 1 aromatic rings. The second kappa shape index (κ2) is 6.90. The van der Waals surface area contributed by atoms with Crippen molar-refractivity contribution in [1.29, 1.82) is 0 Å². The minimum absolute atomic E-state index is 0.515. The third-order valence-corrected chi connectivity index (χ3v) is 3.62. The third-order valence-electron chi connectivity index (χ3n) is 3.62. The van der Waals surface area contributed by atoms with E-state index in [0.29, 0.717) is 6.10 Å². The molecule has 1 heterocycles. The van der Waals surface area contributed by atoms with Gasteiger partial charge in [0.2, 0.25) is 0 Å². The molecule has 4 nitrogen and oxygen atoms in total. The zero-order valence-corrected chi connectivity index (χ0v) is 11.6. The molecule has 1 N–H and O–H groups in total. The summed E-state index contributed by atoms with van der Waals surface area (Å²) in [7, 11) is 1.96. The number of ether oxygens (including phenoxy) is 1. The highest BCUT2D eigenvalue weighted by atomic mass is 16.5. The van der Waals surface area contributed by atoms with Crippen LogP contribution in [0, 0.1) is 6.92 Å². The van der Waals surface area contributed by atoms with E-state index in [-0.39, 0.29) is 0 Å². The quantitative estimate of drug-likeness (QED) is 0.788. The predicted molar refractivity (Wildman–Crippen MR) is 72.5 cm³/mol. The van der Waals surface area contributed by atoms with Crippen LogP contribution in [0.3, 0.4) is 0 Å². The Morgan fingerprint density at radius 3 is 2.83 bits per heavy atom. The van der Waals surface area contributed by atoms with Crippen LogP contribution < -0.4 is 5.32 Å². The lowest BCUT2D eigenvalue weighted by Crippen LogP contribution is -2.24. The van der Waals surface area contributed by atoms with Crippen molar-refractivity contribution < 1.29 is 4.74 Å². The summed E-state index contributed by atoms with van der Waals surface area (Å²) in [6, 6.07) is 0. The van der Waals surface area contributed by atoms with Crippen molar-refractivity contribution in [2.75, 3.05) is 13.2 Å². The van der Waals surface area contributed by atoms with Crippen LogP contribution in [0.2, 0.25) is 0 Å². The maximum Gasteiger partial charge on any atom is 0.0638 e. The average molecular weight is 251 g/mol. The Balaban J connectivity index is 1.57. The highest BCUT2D eigenvalue weighted by molar-refractivity contribution is 5.14. The molecule has 0 atom stereocenters. The largest absolute Gasteiger partial charge is 0.377 e. The summed E-state index contributed by atoms with van der Waals surface area (Å²) in [6.45, 7) is 4.68. The Morgan fingerprint density at radius 1 is 1.39 bits per heavy atom. The van der Waals surface area contributed by atoms with Crippen molar-refractivity contribution in [2.24, 2.45) is 7.05 Å². The maximum atomic E-state index is 5.87. The van der Waals surface area contributed by atoms with Gasteiger partial charge < -0.3 is 10.1 Å². The highest BCUT2D eigenvalue weighted by Crippen LogP contribution is 2.19. The van der Waals surface area contributed by atoms with Gasteiger partial charge in [-0.05, 0) is 19.8 Å². The maximum absolute atomic E-state index is 5.87. The zero-order chi connectivity index (χ0) is 12.8. The molecule has 2 rings (SSSR count). The molecule has 0 saturated heterocycles. The smallest absolute Gasteiger partial charge is 0.0638 e. The molecule has 0 radical (unpaired) electrons. The van der Waals surface area contributed by atoms with Crippen LogP contribution in [0.5, 0.6) is 0 Å². The Bertz CT molecular complexity index is 356. The molecule has 102 valence electrons. The molecular formula is C14H25N3O. The van der Waals surface area contributed by atoms with Gasteiger partial charge in [-0.25, -0.2) is 0 Å². The monoisotopic (exact) mass is 251 g/mol. The summed E-state index contributed by atoms with van der Waals surface area (Å²) in [5, 5.41) is 7.75. The molecular weight excluding hydrogens is 226 g/mol. The van der Waals surface area contributed by atoms with Crippen molar-refractivity contribution in [3.63, 3.8) is 0 Å². The SMILES string of the molecule is Cc1nn(C)cc1CNCCOC1CCCCC1. The molecule has 4 heteroatoms. The molecule has 0 spiro atoms. The van der Waals surface area contributed by atoms with Crippen LogP contribution in [-0.4, -0.2) is 29.0 Å². The van der Waals surface area contributed by atoms with Gasteiger partial charge in [0.15, 0.2) is 0 Å². The highest BCUT2D eigenvalue weighted by Gasteiger charge is 2.12. The fourth-order valence-corrected chi connectivity index (χ4v) is 2.57. The van der Waals surface area contributed by atoms with Gasteiger partial charge in [0, 0.05) is 31.9 Å². The number of aromatic nitrogens is 2. The van der Waals surface area contributed by atoms with Crippen LogP contribution in [-0.2, 0) is 18.3 Å². The van der Waals surface area contributed by atoms with E-state index in [1.54, 1.807) is 0 Å². The van der Waals surface area contributed by atoms with Gasteiger partial charge in [-0.2, -0.15) is 5.10 Å². The summed E-state index contributed by atoms with van der Waals surface area (Å²) in [5.74, 6) is 0. The van der Waals surface area contributed by atoms with E-state index in [4.69, 9.17) is 4.74 Å². The summed E-state index contributed by atoms with van der Waals surface area (Å²) < 4.78 is 7.74. The number of aryl methyl sites for hydroxylation is 2. The summed E-state index contributed by atoms with van der Waals surface area (Å²) in [6.07, 6.45) is 9.16. The summed E-state index contributed by atoms with van der Waals surface area (Å²) in [5.41, 5.74) is 2.38. The summed E-state index contributed by atoms with van der Waals surface area (Å²) >= 11 is 0. The fraction of sp³-hybridized carbons (Fsp3) is 0.786. The van der Waals surface area contributed by atoms with E-state index >= 15 is 0 Å². The standard InChI is InChI=1S/C14H25N3O/c1-12-13(11-17(2)16-12)10-15-8-9-18-14-6-4-3-5-7-14/h11,14-15H,3-10H2,1-2H3.